The Bertz CT molecular complexity index is 369. The van der Waals surface area contributed by atoms with Gasteiger partial charge in [0.1, 0.15) is 0 Å². The average Bonchev–Trinajstić information content (AvgIpc) is 3.00. The third kappa shape index (κ3) is 3.92. The third-order valence-electron chi connectivity index (χ3n) is 4.24. The quantitative estimate of drug-likeness (QED) is 0.813. The summed E-state index contributed by atoms with van der Waals surface area (Å²) in [6.45, 7) is 6.55. The molecule has 19 heavy (non-hydrogen) atoms. The fourth-order valence-corrected chi connectivity index (χ4v) is 5.49. The number of nitrogens with zero attached hydrogens (tertiary/aromatic N) is 1. The van der Waals surface area contributed by atoms with E-state index in [1.54, 1.807) is 4.31 Å². The summed E-state index contributed by atoms with van der Waals surface area (Å²) >= 11 is 0. The van der Waals surface area contributed by atoms with E-state index in [9.17, 15) is 8.42 Å². The highest BCUT2D eigenvalue weighted by Crippen LogP contribution is 2.28. The SMILES string of the molecule is CC(C)CN(CC1CCCN1)S(=O)(=O)C1CCCC1. The first-order valence-electron chi connectivity index (χ1n) is 7.72. The second-order valence-electron chi connectivity index (χ2n) is 6.46. The van der Waals surface area contributed by atoms with Crippen LogP contribution in [0.3, 0.4) is 0 Å². The van der Waals surface area contributed by atoms with Gasteiger partial charge in [-0.15, -0.1) is 0 Å². The molecule has 1 atom stereocenters. The Hall–Kier alpha value is -0.130. The van der Waals surface area contributed by atoms with Crippen molar-refractivity contribution < 1.29 is 8.42 Å². The van der Waals surface area contributed by atoms with Crippen molar-refractivity contribution in [1.29, 1.82) is 0 Å². The van der Waals surface area contributed by atoms with Crippen LogP contribution in [0.2, 0.25) is 0 Å². The van der Waals surface area contributed by atoms with E-state index in [4.69, 9.17) is 0 Å². The molecular weight excluding hydrogens is 260 g/mol. The van der Waals surface area contributed by atoms with Gasteiger partial charge in [-0.3, -0.25) is 0 Å². The minimum atomic E-state index is -3.09. The Morgan fingerprint density at radius 2 is 1.84 bits per heavy atom. The molecule has 0 radical (unpaired) electrons. The molecule has 112 valence electrons. The Morgan fingerprint density at radius 1 is 1.16 bits per heavy atom. The predicted molar refractivity (Wildman–Crippen MR) is 78.6 cm³/mol. The largest absolute Gasteiger partial charge is 0.313 e. The molecule has 0 amide bonds. The van der Waals surface area contributed by atoms with E-state index in [1.165, 1.54) is 6.42 Å². The maximum Gasteiger partial charge on any atom is 0.217 e. The van der Waals surface area contributed by atoms with Crippen LogP contribution in [-0.2, 0) is 10.0 Å². The van der Waals surface area contributed by atoms with Crippen LogP contribution in [0.1, 0.15) is 52.4 Å². The lowest BCUT2D eigenvalue weighted by Gasteiger charge is -2.29. The first-order chi connectivity index (χ1) is 9.00. The van der Waals surface area contributed by atoms with Gasteiger partial charge in [0.25, 0.3) is 0 Å². The van der Waals surface area contributed by atoms with Gasteiger partial charge < -0.3 is 5.32 Å². The second-order valence-corrected chi connectivity index (χ2v) is 8.67. The van der Waals surface area contributed by atoms with Crippen molar-refractivity contribution >= 4 is 10.0 Å². The standard InChI is InChI=1S/C14H28N2O2S/c1-12(2)10-16(11-13-6-5-9-15-13)19(17,18)14-7-3-4-8-14/h12-15H,3-11H2,1-2H3. The van der Waals surface area contributed by atoms with Gasteiger partial charge in [-0.1, -0.05) is 26.7 Å². The Kier molecular flexibility index (Phi) is 5.26. The lowest BCUT2D eigenvalue weighted by atomic mass is 10.2. The number of hydrogen-bond donors (Lipinski definition) is 1. The normalized spacial score (nSPS) is 25.8. The van der Waals surface area contributed by atoms with E-state index in [1.807, 2.05) is 0 Å². The third-order valence-corrected chi connectivity index (χ3v) is 6.57. The van der Waals surface area contributed by atoms with Crippen molar-refractivity contribution in [1.82, 2.24) is 9.62 Å². The predicted octanol–water partition coefficient (Wildman–Crippen LogP) is 1.97. The molecule has 1 aliphatic heterocycles. The minimum absolute atomic E-state index is 0.118. The molecule has 0 bridgehead atoms. The summed E-state index contributed by atoms with van der Waals surface area (Å²) in [5, 5.41) is 3.30. The molecule has 1 aliphatic carbocycles. The van der Waals surface area contributed by atoms with Crippen LogP contribution in [-0.4, -0.2) is 43.6 Å². The Labute approximate surface area is 118 Å². The molecule has 1 heterocycles. The van der Waals surface area contributed by atoms with Gasteiger partial charge in [0.05, 0.1) is 5.25 Å². The molecule has 0 aromatic carbocycles. The van der Waals surface area contributed by atoms with Gasteiger partial charge in [0.2, 0.25) is 10.0 Å². The van der Waals surface area contributed by atoms with Crippen molar-refractivity contribution in [2.75, 3.05) is 19.6 Å². The monoisotopic (exact) mass is 288 g/mol. The summed E-state index contributed by atoms with van der Waals surface area (Å²) < 4.78 is 27.3. The molecule has 1 N–H and O–H groups in total. The summed E-state index contributed by atoms with van der Waals surface area (Å²) in [6.07, 6.45) is 6.13. The first kappa shape index (κ1) is 15.3. The van der Waals surface area contributed by atoms with E-state index < -0.39 is 10.0 Å². The van der Waals surface area contributed by atoms with E-state index in [2.05, 4.69) is 19.2 Å². The fraction of sp³-hybridized carbons (Fsp3) is 1.00. The highest BCUT2D eigenvalue weighted by Gasteiger charge is 2.35. The van der Waals surface area contributed by atoms with Crippen LogP contribution in [0.25, 0.3) is 0 Å². The maximum atomic E-state index is 12.8. The molecule has 0 aromatic heterocycles. The van der Waals surface area contributed by atoms with Crippen LogP contribution in [0.15, 0.2) is 0 Å². The molecule has 0 spiro atoms. The number of sulfonamides is 1. The van der Waals surface area contributed by atoms with Crippen molar-refractivity contribution in [3.63, 3.8) is 0 Å². The van der Waals surface area contributed by atoms with E-state index in [0.717, 1.165) is 38.6 Å². The lowest BCUT2D eigenvalue weighted by molar-refractivity contribution is 0.332. The molecule has 1 unspecified atom stereocenters. The highest BCUT2D eigenvalue weighted by molar-refractivity contribution is 7.89. The van der Waals surface area contributed by atoms with Crippen molar-refractivity contribution in [2.24, 2.45) is 5.92 Å². The molecule has 2 fully saturated rings. The molecule has 5 heteroatoms. The maximum absolute atomic E-state index is 12.8. The molecule has 2 aliphatic rings. The van der Waals surface area contributed by atoms with E-state index in [-0.39, 0.29) is 5.25 Å². The summed E-state index contributed by atoms with van der Waals surface area (Å²) in [5.41, 5.74) is 0. The summed E-state index contributed by atoms with van der Waals surface area (Å²) in [7, 11) is -3.09. The van der Waals surface area contributed by atoms with Crippen LogP contribution in [0.5, 0.6) is 0 Å². The van der Waals surface area contributed by atoms with Crippen LogP contribution in [0.4, 0.5) is 0 Å². The van der Waals surface area contributed by atoms with Gasteiger partial charge >= 0.3 is 0 Å². The fourth-order valence-electron chi connectivity index (χ4n) is 3.24. The van der Waals surface area contributed by atoms with Gasteiger partial charge in [0.15, 0.2) is 0 Å². The van der Waals surface area contributed by atoms with Gasteiger partial charge in [-0.05, 0) is 38.1 Å². The zero-order valence-electron chi connectivity index (χ0n) is 12.3. The summed E-state index contributed by atoms with van der Waals surface area (Å²) in [4.78, 5) is 0. The molecule has 2 rings (SSSR count). The van der Waals surface area contributed by atoms with Gasteiger partial charge in [0, 0.05) is 19.1 Å². The lowest BCUT2D eigenvalue weighted by Crippen LogP contribution is -2.46. The van der Waals surface area contributed by atoms with Gasteiger partial charge in [-0.2, -0.15) is 4.31 Å². The molecular formula is C14H28N2O2S. The average molecular weight is 288 g/mol. The number of hydrogen-bond acceptors (Lipinski definition) is 3. The topological polar surface area (TPSA) is 49.4 Å². The molecule has 1 saturated heterocycles. The van der Waals surface area contributed by atoms with Crippen LogP contribution >= 0.6 is 0 Å². The molecule has 1 saturated carbocycles. The zero-order valence-corrected chi connectivity index (χ0v) is 13.1. The van der Waals surface area contributed by atoms with Crippen molar-refractivity contribution in [3.8, 4) is 0 Å². The minimum Gasteiger partial charge on any atom is -0.313 e. The number of nitrogens with one attached hydrogen (secondary N) is 1. The molecule has 4 nitrogen and oxygen atoms in total. The smallest absolute Gasteiger partial charge is 0.217 e. The second kappa shape index (κ2) is 6.55. The molecule has 0 aromatic rings. The van der Waals surface area contributed by atoms with Crippen molar-refractivity contribution in [3.05, 3.63) is 0 Å². The van der Waals surface area contributed by atoms with Crippen molar-refractivity contribution in [2.45, 2.75) is 63.7 Å². The summed E-state index contributed by atoms with van der Waals surface area (Å²) in [6, 6.07) is 0.356. The summed E-state index contributed by atoms with van der Waals surface area (Å²) in [5.74, 6) is 0.387. The first-order valence-corrected chi connectivity index (χ1v) is 9.23. The number of rotatable bonds is 6. The van der Waals surface area contributed by atoms with Crippen LogP contribution < -0.4 is 5.32 Å². The Morgan fingerprint density at radius 3 is 2.37 bits per heavy atom. The highest BCUT2D eigenvalue weighted by atomic mass is 32.2. The van der Waals surface area contributed by atoms with E-state index >= 15 is 0 Å². The zero-order chi connectivity index (χ0) is 13.9. The van der Waals surface area contributed by atoms with E-state index in [0.29, 0.717) is 25.0 Å². The van der Waals surface area contributed by atoms with Gasteiger partial charge in [-0.25, -0.2) is 8.42 Å². The van der Waals surface area contributed by atoms with Crippen LogP contribution in [0, 0.1) is 5.92 Å². The Balaban J connectivity index is 2.06.